The molecule has 1 aliphatic heterocycles. The van der Waals surface area contributed by atoms with Gasteiger partial charge in [-0.05, 0) is 64.7 Å². The Balaban J connectivity index is 1.58. The molecule has 0 bridgehead atoms. The summed E-state index contributed by atoms with van der Waals surface area (Å²) in [6.45, 7) is 6.40. The van der Waals surface area contributed by atoms with Crippen LogP contribution in [0.25, 0.3) is 0 Å². The molecule has 2 N–H and O–H groups in total. The number of rotatable bonds is 4. The summed E-state index contributed by atoms with van der Waals surface area (Å²) in [4.78, 5) is 38.8. The first-order valence-corrected chi connectivity index (χ1v) is 9.91. The van der Waals surface area contributed by atoms with Crippen molar-refractivity contribution in [3.05, 3.63) is 29.8 Å². The summed E-state index contributed by atoms with van der Waals surface area (Å²) < 4.78 is 5.41. The van der Waals surface area contributed by atoms with Gasteiger partial charge in [0.15, 0.2) is 0 Å². The molecule has 7 heteroatoms. The highest BCUT2D eigenvalue weighted by Crippen LogP contribution is 2.22. The molecule has 2 fully saturated rings. The van der Waals surface area contributed by atoms with E-state index in [0.717, 1.165) is 19.3 Å². The number of likely N-dealkylation sites (tertiary alicyclic amines) is 1. The summed E-state index contributed by atoms with van der Waals surface area (Å²) in [6, 6.07) is 7.22. The number of hydrogen-bond donors (Lipinski definition) is 2. The highest BCUT2D eigenvalue weighted by atomic mass is 16.6. The van der Waals surface area contributed by atoms with Crippen LogP contribution in [0.15, 0.2) is 24.3 Å². The molecule has 1 saturated heterocycles. The largest absolute Gasteiger partial charge is 0.444 e. The van der Waals surface area contributed by atoms with Crippen LogP contribution >= 0.6 is 0 Å². The fourth-order valence-corrected chi connectivity index (χ4v) is 3.16. The second-order valence-electron chi connectivity index (χ2n) is 8.58. The van der Waals surface area contributed by atoms with E-state index in [0.29, 0.717) is 30.8 Å². The van der Waals surface area contributed by atoms with Crippen LogP contribution in [0.5, 0.6) is 0 Å². The van der Waals surface area contributed by atoms with Crippen molar-refractivity contribution in [1.29, 1.82) is 0 Å². The molecule has 3 rings (SSSR count). The number of piperidine rings is 1. The first-order chi connectivity index (χ1) is 13.2. The van der Waals surface area contributed by atoms with Crippen LogP contribution in [0, 0.1) is 5.92 Å². The van der Waals surface area contributed by atoms with Gasteiger partial charge in [-0.2, -0.15) is 0 Å². The van der Waals surface area contributed by atoms with Gasteiger partial charge in [-0.1, -0.05) is 6.07 Å². The quantitative estimate of drug-likeness (QED) is 0.831. The Kier molecular flexibility index (Phi) is 5.91. The van der Waals surface area contributed by atoms with Gasteiger partial charge in [0.05, 0.1) is 5.92 Å². The highest BCUT2D eigenvalue weighted by Gasteiger charge is 2.31. The van der Waals surface area contributed by atoms with Gasteiger partial charge in [-0.25, -0.2) is 4.79 Å². The average molecular weight is 387 g/mol. The van der Waals surface area contributed by atoms with Crippen LogP contribution in [0.1, 0.15) is 56.8 Å². The normalized spacial score (nSPS) is 19.7. The lowest BCUT2D eigenvalue weighted by molar-refractivity contribution is -0.121. The minimum atomic E-state index is -0.562. The molecule has 1 aromatic carbocycles. The predicted molar refractivity (Wildman–Crippen MR) is 106 cm³/mol. The van der Waals surface area contributed by atoms with Crippen LogP contribution in [-0.4, -0.2) is 47.5 Å². The van der Waals surface area contributed by atoms with E-state index in [1.165, 1.54) is 0 Å². The molecule has 0 aromatic heterocycles. The zero-order valence-corrected chi connectivity index (χ0v) is 16.8. The molecule has 1 saturated carbocycles. The molecular weight excluding hydrogens is 358 g/mol. The zero-order valence-electron chi connectivity index (χ0n) is 16.8. The number of ether oxygens (including phenoxy) is 1. The fraction of sp³-hybridized carbons (Fsp3) is 0.571. The Morgan fingerprint density at radius 1 is 1.14 bits per heavy atom. The maximum atomic E-state index is 12.7. The number of nitrogens with zero attached hydrogens (tertiary/aromatic N) is 1. The lowest BCUT2D eigenvalue weighted by Crippen LogP contribution is -2.45. The molecule has 28 heavy (non-hydrogen) atoms. The lowest BCUT2D eigenvalue weighted by atomic mass is 9.97. The molecule has 1 atom stereocenters. The number of carbonyl (C=O) groups is 3. The Bertz CT molecular complexity index is 752. The third kappa shape index (κ3) is 5.71. The monoisotopic (exact) mass is 387 g/mol. The Hall–Kier alpha value is -2.57. The molecule has 2 aliphatic rings. The highest BCUT2D eigenvalue weighted by molar-refractivity contribution is 5.98. The third-order valence-electron chi connectivity index (χ3n) is 4.75. The minimum absolute atomic E-state index is 0.118. The fourth-order valence-electron chi connectivity index (χ4n) is 3.16. The van der Waals surface area contributed by atoms with Crippen molar-refractivity contribution < 1.29 is 19.1 Å². The summed E-state index contributed by atoms with van der Waals surface area (Å²) in [5.41, 5.74) is 0.555. The number of nitrogens with one attached hydrogen (secondary N) is 2. The van der Waals surface area contributed by atoms with Crippen molar-refractivity contribution >= 4 is 23.6 Å². The first-order valence-electron chi connectivity index (χ1n) is 9.91. The topological polar surface area (TPSA) is 87.7 Å². The summed E-state index contributed by atoms with van der Waals surface area (Å²) in [7, 11) is 0. The summed E-state index contributed by atoms with van der Waals surface area (Å²) >= 11 is 0. The molecule has 1 heterocycles. The number of amides is 3. The molecule has 3 amide bonds. The van der Waals surface area contributed by atoms with Gasteiger partial charge in [0.1, 0.15) is 5.60 Å². The van der Waals surface area contributed by atoms with Crippen molar-refractivity contribution in [2.45, 2.75) is 58.1 Å². The maximum absolute atomic E-state index is 12.7. The van der Waals surface area contributed by atoms with Gasteiger partial charge in [-0.3, -0.25) is 9.59 Å². The number of benzene rings is 1. The van der Waals surface area contributed by atoms with E-state index in [4.69, 9.17) is 4.74 Å². The van der Waals surface area contributed by atoms with Crippen LogP contribution in [0.3, 0.4) is 0 Å². The Morgan fingerprint density at radius 2 is 1.89 bits per heavy atom. The molecule has 7 nitrogen and oxygen atoms in total. The van der Waals surface area contributed by atoms with E-state index >= 15 is 0 Å². The average Bonchev–Trinajstić information content (AvgIpc) is 3.44. The summed E-state index contributed by atoms with van der Waals surface area (Å²) in [6.07, 6.45) is 3.13. The molecular formula is C21H29N3O4. The van der Waals surface area contributed by atoms with Crippen molar-refractivity contribution in [1.82, 2.24) is 10.2 Å². The molecule has 1 aromatic rings. The van der Waals surface area contributed by atoms with E-state index < -0.39 is 5.60 Å². The Morgan fingerprint density at radius 3 is 2.57 bits per heavy atom. The van der Waals surface area contributed by atoms with E-state index in [2.05, 4.69) is 10.6 Å². The van der Waals surface area contributed by atoms with Crippen molar-refractivity contribution in [3.8, 4) is 0 Å². The summed E-state index contributed by atoms with van der Waals surface area (Å²) in [5.74, 6) is -0.564. The second-order valence-corrected chi connectivity index (χ2v) is 8.58. The molecule has 0 unspecified atom stereocenters. The molecule has 0 radical (unpaired) electrons. The second kappa shape index (κ2) is 8.20. The zero-order chi connectivity index (χ0) is 20.3. The number of carbonyl (C=O) groups excluding carboxylic acids is 3. The third-order valence-corrected chi connectivity index (χ3v) is 4.75. The van der Waals surface area contributed by atoms with E-state index in [1.54, 1.807) is 29.2 Å². The Labute approximate surface area is 165 Å². The number of hydrogen-bond acceptors (Lipinski definition) is 4. The van der Waals surface area contributed by atoms with Crippen LogP contribution in [-0.2, 0) is 9.53 Å². The molecule has 152 valence electrons. The van der Waals surface area contributed by atoms with Crippen LogP contribution in [0.4, 0.5) is 10.5 Å². The van der Waals surface area contributed by atoms with Crippen molar-refractivity contribution in [3.63, 3.8) is 0 Å². The smallest absolute Gasteiger partial charge is 0.410 e. The predicted octanol–water partition coefficient (Wildman–Crippen LogP) is 3.16. The van der Waals surface area contributed by atoms with Crippen LogP contribution < -0.4 is 10.6 Å². The first kappa shape index (κ1) is 20.2. The van der Waals surface area contributed by atoms with Gasteiger partial charge >= 0.3 is 6.09 Å². The molecule has 0 spiro atoms. The van der Waals surface area contributed by atoms with E-state index in [-0.39, 0.29) is 29.9 Å². The number of anilines is 1. The standard InChI is InChI=1S/C21H29N3O4/c1-21(2,3)28-20(27)24-11-5-7-15(13-24)19(26)23-17-8-4-6-14(12-17)18(25)22-16-9-10-16/h4,6,8,12,15-16H,5,7,9-11,13H2,1-3H3,(H,22,25)(H,23,26)/t15-/m1/s1. The van der Waals surface area contributed by atoms with E-state index in [1.807, 2.05) is 20.8 Å². The van der Waals surface area contributed by atoms with Gasteiger partial charge < -0.3 is 20.3 Å². The SMILES string of the molecule is CC(C)(C)OC(=O)N1CCC[C@@H](C(=O)Nc2cccc(C(=O)NC3CC3)c2)C1. The summed E-state index contributed by atoms with van der Waals surface area (Å²) in [5, 5.41) is 5.83. The molecule has 1 aliphatic carbocycles. The van der Waals surface area contributed by atoms with E-state index in [9.17, 15) is 14.4 Å². The van der Waals surface area contributed by atoms with Crippen molar-refractivity contribution in [2.75, 3.05) is 18.4 Å². The minimum Gasteiger partial charge on any atom is -0.444 e. The van der Waals surface area contributed by atoms with Gasteiger partial charge in [0, 0.05) is 30.4 Å². The van der Waals surface area contributed by atoms with Gasteiger partial charge in [0.2, 0.25) is 5.91 Å². The van der Waals surface area contributed by atoms with Crippen molar-refractivity contribution in [2.24, 2.45) is 5.92 Å². The van der Waals surface area contributed by atoms with Crippen LogP contribution in [0.2, 0.25) is 0 Å². The van der Waals surface area contributed by atoms with Gasteiger partial charge in [-0.15, -0.1) is 0 Å². The van der Waals surface area contributed by atoms with Gasteiger partial charge in [0.25, 0.3) is 5.91 Å². The lowest BCUT2D eigenvalue weighted by Gasteiger charge is -2.33. The maximum Gasteiger partial charge on any atom is 0.410 e.